The van der Waals surface area contributed by atoms with Gasteiger partial charge >= 0.3 is 0 Å². The summed E-state index contributed by atoms with van der Waals surface area (Å²) in [5.41, 5.74) is 1.48. The van der Waals surface area contributed by atoms with Gasteiger partial charge in [0.2, 0.25) is 0 Å². The molecule has 1 nitrogen and oxygen atoms in total. The average molecular weight is 274 g/mol. The molecule has 0 aliphatic rings. The molecule has 2 rings (SSSR count). The molecule has 0 aromatic heterocycles. The highest BCUT2D eigenvalue weighted by Gasteiger charge is 2.06. The van der Waals surface area contributed by atoms with Crippen LogP contribution in [0, 0.1) is 0 Å². The number of hydrogen-bond donors (Lipinski definition) is 1. The van der Waals surface area contributed by atoms with Gasteiger partial charge in [-0.05, 0) is 42.0 Å². The van der Waals surface area contributed by atoms with Gasteiger partial charge in [0.15, 0.2) is 0 Å². The van der Waals surface area contributed by atoms with Crippen LogP contribution in [0.1, 0.15) is 0 Å². The van der Waals surface area contributed by atoms with Crippen LogP contribution < -0.4 is 0 Å². The fourth-order valence-electron chi connectivity index (χ4n) is 1.44. The lowest BCUT2D eigenvalue weighted by Crippen LogP contribution is -1.80. The summed E-state index contributed by atoms with van der Waals surface area (Å²) in [7, 11) is 0. The van der Waals surface area contributed by atoms with Gasteiger partial charge < -0.3 is 5.11 Å². The first-order valence-electron chi connectivity index (χ1n) is 4.51. The van der Waals surface area contributed by atoms with E-state index in [1.165, 1.54) is 6.07 Å². The standard InChI is InChI=1S/C12H7Cl3O/c13-8-3-7(4-9(14)5-8)11-6-10(16)1-2-12(11)15/h1-6,16H. The molecule has 1 N–H and O–H groups in total. The van der Waals surface area contributed by atoms with Crippen molar-refractivity contribution in [1.82, 2.24) is 0 Å². The highest BCUT2D eigenvalue weighted by molar-refractivity contribution is 6.36. The van der Waals surface area contributed by atoms with Crippen molar-refractivity contribution < 1.29 is 5.11 Å². The summed E-state index contributed by atoms with van der Waals surface area (Å²) in [4.78, 5) is 0. The second-order valence-electron chi connectivity index (χ2n) is 3.32. The highest BCUT2D eigenvalue weighted by atomic mass is 35.5. The molecule has 0 aliphatic heterocycles. The highest BCUT2D eigenvalue weighted by Crippen LogP contribution is 2.34. The zero-order valence-electron chi connectivity index (χ0n) is 8.05. The van der Waals surface area contributed by atoms with E-state index in [1.54, 1.807) is 30.3 Å². The van der Waals surface area contributed by atoms with Crippen molar-refractivity contribution in [2.45, 2.75) is 0 Å². The van der Waals surface area contributed by atoms with Gasteiger partial charge in [-0.1, -0.05) is 34.8 Å². The van der Waals surface area contributed by atoms with Crippen molar-refractivity contribution in [2.24, 2.45) is 0 Å². The van der Waals surface area contributed by atoms with Crippen LogP contribution in [0.4, 0.5) is 0 Å². The van der Waals surface area contributed by atoms with E-state index in [9.17, 15) is 5.11 Å². The van der Waals surface area contributed by atoms with Crippen LogP contribution >= 0.6 is 34.8 Å². The van der Waals surface area contributed by atoms with Crippen molar-refractivity contribution >= 4 is 34.8 Å². The fraction of sp³-hybridized carbons (Fsp3) is 0. The Morgan fingerprint density at radius 3 is 2.06 bits per heavy atom. The lowest BCUT2D eigenvalue weighted by Gasteiger charge is -2.06. The monoisotopic (exact) mass is 272 g/mol. The molecule has 4 heteroatoms. The molecule has 0 unspecified atom stereocenters. The van der Waals surface area contributed by atoms with E-state index in [0.717, 1.165) is 5.56 Å². The predicted molar refractivity (Wildman–Crippen MR) is 68.6 cm³/mol. The summed E-state index contributed by atoms with van der Waals surface area (Å²) in [6.45, 7) is 0. The van der Waals surface area contributed by atoms with Crippen LogP contribution in [-0.4, -0.2) is 5.11 Å². The van der Waals surface area contributed by atoms with Crippen LogP contribution in [0.5, 0.6) is 5.75 Å². The van der Waals surface area contributed by atoms with Crippen LogP contribution in [0.15, 0.2) is 36.4 Å². The summed E-state index contributed by atoms with van der Waals surface area (Å²) in [5.74, 6) is 0.149. The van der Waals surface area contributed by atoms with Gasteiger partial charge in [-0.2, -0.15) is 0 Å². The molecule has 0 aliphatic carbocycles. The summed E-state index contributed by atoms with van der Waals surface area (Å²) >= 11 is 17.8. The second kappa shape index (κ2) is 4.54. The smallest absolute Gasteiger partial charge is 0.116 e. The first kappa shape index (κ1) is 11.6. The molecule has 16 heavy (non-hydrogen) atoms. The normalized spacial score (nSPS) is 10.4. The van der Waals surface area contributed by atoms with Gasteiger partial charge in [-0.15, -0.1) is 0 Å². The topological polar surface area (TPSA) is 20.2 Å². The van der Waals surface area contributed by atoms with E-state index in [0.29, 0.717) is 20.6 Å². The molecular weight excluding hydrogens is 266 g/mol. The van der Waals surface area contributed by atoms with Gasteiger partial charge in [-0.25, -0.2) is 0 Å². The molecule has 0 fully saturated rings. The number of phenolic OH excluding ortho intramolecular Hbond substituents is 1. The minimum absolute atomic E-state index is 0.149. The molecule has 0 saturated carbocycles. The Balaban J connectivity index is 2.62. The van der Waals surface area contributed by atoms with Crippen molar-refractivity contribution in [3.05, 3.63) is 51.5 Å². The minimum atomic E-state index is 0.149. The fourth-order valence-corrected chi connectivity index (χ4v) is 2.20. The molecule has 0 atom stereocenters. The van der Waals surface area contributed by atoms with Crippen LogP contribution in [0.3, 0.4) is 0 Å². The largest absolute Gasteiger partial charge is 0.508 e. The first-order chi connectivity index (χ1) is 7.56. The number of halogens is 3. The summed E-state index contributed by atoms with van der Waals surface area (Å²) < 4.78 is 0. The molecule has 0 radical (unpaired) electrons. The van der Waals surface area contributed by atoms with E-state index < -0.39 is 0 Å². The Morgan fingerprint density at radius 2 is 1.44 bits per heavy atom. The Hall–Kier alpha value is -0.890. The summed E-state index contributed by atoms with van der Waals surface area (Å²) in [6, 6.07) is 9.86. The van der Waals surface area contributed by atoms with Crippen molar-refractivity contribution in [1.29, 1.82) is 0 Å². The van der Waals surface area contributed by atoms with Crippen molar-refractivity contribution in [3.8, 4) is 16.9 Å². The molecule has 0 bridgehead atoms. The maximum absolute atomic E-state index is 9.41. The molecule has 2 aromatic carbocycles. The Labute approximate surface area is 108 Å². The molecule has 2 aromatic rings. The molecule has 0 heterocycles. The van der Waals surface area contributed by atoms with Gasteiger partial charge in [0.05, 0.1) is 0 Å². The van der Waals surface area contributed by atoms with E-state index in [1.807, 2.05) is 0 Å². The van der Waals surface area contributed by atoms with E-state index >= 15 is 0 Å². The van der Waals surface area contributed by atoms with Gasteiger partial charge in [0.25, 0.3) is 0 Å². The third-order valence-electron chi connectivity index (χ3n) is 2.12. The molecule has 0 saturated heterocycles. The predicted octanol–water partition coefficient (Wildman–Crippen LogP) is 5.02. The maximum atomic E-state index is 9.41. The minimum Gasteiger partial charge on any atom is -0.508 e. The number of phenols is 1. The van der Waals surface area contributed by atoms with E-state index in [-0.39, 0.29) is 5.75 Å². The number of hydrogen-bond acceptors (Lipinski definition) is 1. The Morgan fingerprint density at radius 1 is 0.812 bits per heavy atom. The first-order valence-corrected chi connectivity index (χ1v) is 5.64. The van der Waals surface area contributed by atoms with Crippen LogP contribution in [0.25, 0.3) is 11.1 Å². The van der Waals surface area contributed by atoms with E-state index in [2.05, 4.69) is 0 Å². The lowest BCUT2D eigenvalue weighted by atomic mass is 10.1. The second-order valence-corrected chi connectivity index (χ2v) is 4.60. The number of aromatic hydroxyl groups is 1. The quantitative estimate of drug-likeness (QED) is 0.773. The zero-order valence-corrected chi connectivity index (χ0v) is 10.3. The summed E-state index contributed by atoms with van der Waals surface area (Å²) in [6.07, 6.45) is 0. The van der Waals surface area contributed by atoms with Crippen molar-refractivity contribution in [2.75, 3.05) is 0 Å². The summed E-state index contributed by atoms with van der Waals surface area (Å²) in [5, 5.41) is 11.0. The molecule has 0 amide bonds. The van der Waals surface area contributed by atoms with Crippen LogP contribution in [-0.2, 0) is 0 Å². The Bertz CT molecular complexity index is 518. The Kier molecular flexibility index (Phi) is 3.29. The molecule has 0 spiro atoms. The number of benzene rings is 2. The molecule has 82 valence electrons. The van der Waals surface area contributed by atoms with Crippen LogP contribution in [0.2, 0.25) is 15.1 Å². The third-order valence-corrected chi connectivity index (χ3v) is 2.89. The number of rotatable bonds is 1. The van der Waals surface area contributed by atoms with E-state index in [4.69, 9.17) is 34.8 Å². The van der Waals surface area contributed by atoms with Gasteiger partial charge in [0.1, 0.15) is 5.75 Å². The third kappa shape index (κ3) is 2.43. The van der Waals surface area contributed by atoms with Gasteiger partial charge in [0, 0.05) is 20.6 Å². The SMILES string of the molecule is Oc1ccc(Cl)c(-c2cc(Cl)cc(Cl)c2)c1. The lowest BCUT2D eigenvalue weighted by molar-refractivity contribution is 0.475. The maximum Gasteiger partial charge on any atom is 0.116 e. The van der Waals surface area contributed by atoms with Gasteiger partial charge in [-0.3, -0.25) is 0 Å². The molecular formula is C12H7Cl3O. The average Bonchev–Trinajstić information content (AvgIpc) is 2.20. The van der Waals surface area contributed by atoms with Crippen molar-refractivity contribution in [3.63, 3.8) is 0 Å². The zero-order chi connectivity index (χ0) is 11.7.